The highest BCUT2D eigenvalue weighted by Crippen LogP contribution is 2.31. The minimum absolute atomic E-state index is 0.0952. The van der Waals surface area contributed by atoms with Gasteiger partial charge in [-0.3, -0.25) is 9.10 Å². The molecule has 0 radical (unpaired) electrons. The minimum atomic E-state index is -3.61. The first kappa shape index (κ1) is 29.9. The van der Waals surface area contributed by atoms with Crippen molar-refractivity contribution in [2.45, 2.75) is 50.3 Å². The molecule has 0 bridgehead atoms. The first-order chi connectivity index (χ1) is 18.0. The van der Waals surface area contributed by atoms with Gasteiger partial charge in [0.05, 0.1) is 28.2 Å². The zero-order valence-corrected chi connectivity index (χ0v) is 24.2. The molecule has 1 aliphatic rings. The van der Waals surface area contributed by atoms with Crippen LogP contribution in [0.4, 0.5) is 17.1 Å². The van der Waals surface area contributed by atoms with Gasteiger partial charge < -0.3 is 16.0 Å². The first-order valence-electron chi connectivity index (χ1n) is 13.1. The molecule has 0 spiro atoms. The standard InChI is InChI=1S/C27H40N4O5S2/c1-4-5-6-7-8-17-38(35,36)24-12-9-22(10-13-24)29-27(32)25-18-23(31-16-15-21(19-28)20-31)11-14-26(25)30(2)37(3,33)34/h9-14,18,21H,4-8,15-17,19-20,28H2,1-3H3,(H,29,32)/t21-/m0/s1. The van der Waals surface area contributed by atoms with E-state index in [1.807, 2.05) is 6.07 Å². The second-order valence-corrected chi connectivity index (χ2v) is 14.1. The van der Waals surface area contributed by atoms with Crippen molar-refractivity contribution in [3.63, 3.8) is 0 Å². The van der Waals surface area contributed by atoms with Crippen molar-refractivity contribution in [3.05, 3.63) is 48.0 Å². The summed E-state index contributed by atoms with van der Waals surface area (Å²) in [4.78, 5) is 15.7. The Labute approximate surface area is 227 Å². The Morgan fingerprint density at radius 3 is 2.34 bits per heavy atom. The number of rotatable bonds is 13. The maximum Gasteiger partial charge on any atom is 0.257 e. The average Bonchev–Trinajstić information content (AvgIpc) is 3.37. The van der Waals surface area contributed by atoms with Gasteiger partial charge in [0.1, 0.15) is 0 Å². The summed E-state index contributed by atoms with van der Waals surface area (Å²) in [6.07, 6.45) is 6.77. The molecule has 1 amide bonds. The van der Waals surface area contributed by atoms with Gasteiger partial charge in [-0.25, -0.2) is 16.8 Å². The van der Waals surface area contributed by atoms with Crippen LogP contribution in [0.3, 0.4) is 0 Å². The zero-order valence-electron chi connectivity index (χ0n) is 22.5. The molecule has 0 aromatic heterocycles. The lowest BCUT2D eigenvalue weighted by molar-refractivity contribution is 0.102. The third-order valence-electron chi connectivity index (χ3n) is 7.03. The fourth-order valence-electron chi connectivity index (χ4n) is 4.57. The largest absolute Gasteiger partial charge is 0.371 e. The van der Waals surface area contributed by atoms with Crippen LogP contribution in [0.2, 0.25) is 0 Å². The molecule has 38 heavy (non-hydrogen) atoms. The molecule has 1 aliphatic heterocycles. The van der Waals surface area contributed by atoms with Crippen LogP contribution in [-0.4, -0.2) is 61.4 Å². The van der Waals surface area contributed by atoms with E-state index in [0.717, 1.165) is 61.4 Å². The Morgan fingerprint density at radius 1 is 1.05 bits per heavy atom. The third-order valence-corrected chi connectivity index (χ3v) is 10.0. The smallest absolute Gasteiger partial charge is 0.257 e. The van der Waals surface area contributed by atoms with E-state index in [1.165, 1.54) is 19.2 Å². The van der Waals surface area contributed by atoms with Crippen LogP contribution in [0.5, 0.6) is 0 Å². The lowest BCUT2D eigenvalue weighted by atomic mass is 10.1. The molecule has 0 aliphatic carbocycles. The Balaban J connectivity index is 1.80. The van der Waals surface area contributed by atoms with Crippen LogP contribution < -0.4 is 20.3 Å². The van der Waals surface area contributed by atoms with Crippen molar-refractivity contribution in [2.75, 3.05) is 53.2 Å². The monoisotopic (exact) mass is 564 g/mol. The summed E-state index contributed by atoms with van der Waals surface area (Å²) < 4.78 is 51.0. The fourth-order valence-corrected chi connectivity index (χ4v) is 6.46. The molecule has 1 heterocycles. The molecule has 11 heteroatoms. The van der Waals surface area contributed by atoms with Crippen molar-refractivity contribution in [1.82, 2.24) is 0 Å². The SMILES string of the molecule is CCCCCCCS(=O)(=O)c1ccc(NC(=O)c2cc(N3CC[C@@H](CN)C3)ccc2N(C)S(C)(=O)=O)cc1. The molecule has 3 N–H and O–H groups in total. The molecule has 2 aromatic carbocycles. The predicted octanol–water partition coefficient (Wildman–Crippen LogP) is 3.86. The number of sulfone groups is 1. The topological polar surface area (TPSA) is 130 Å². The molecule has 1 fully saturated rings. The number of sulfonamides is 1. The molecular weight excluding hydrogens is 524 g/mol. The van der Waals surface area contributed by atoms with E-state index in [4.69, 9.17) is 5.73 Å². The second-order valence-electron chi connectivity index (χ2n) is 9.98. The molecule has 9 nitrogen and oxygen atoms in total. The fraction of sp³-hybridized carbons (Fsp3) is 0.519. The molecule has 210 valence electrons. The number of anilines is 3. The molecule has 1 atom stereocenters. The van der Waals surface area contributed by atoms with E-state index in [-0.39, 0.29) is 21.9 Å². The number of carbonyl (C=O) groups is 1. The highest BCUT2D eigenvalue weighted by atomic mass is 32.2. The Kier molecular flexibility index (Phi) is 10.2. The Hall–Kier alpha value is -2.63. The van der Waals surface area contributed by atoms with Crippen molar-refractivity contribution < 1.29 is 21.6 Å². The molecule has 0 unspecified atom stereocenters. The van der Waals surface area contributed by atoms with E-state index in [0.29, 0.717) is 24.6 Å². The molecule has 0 saturated carbocycles. The highest BCUT2D eigenvalue weighted by Gasteiger charge is 2.25. The lowest BCUT2D eigenvalue weighted by Crippen LogP contribution is -2.28. The van der Waals surface area contributed by atoms with Crippen LogP contribution in [0.15, 0.2) is 47.4 Å². The summed E-state index contributed by atoms with van der Waals surface area (Å²) in [7, 11) is -5.60. The number of nitrogens with two attached hydrogens (primary N) is 1. The first-order valence-corrected chi connectivity index (χ1v) is 16.6. The predicted molar refractivity (Wildman–Crippen MR) is 154 cm³/mol. The van der Waals surface area contributed by atoms with Crippen LogP contribution >= 0.6 is 0 Å². The number of hydrogen-bond donors (Lipinski definition) is 2. The Bertz CT molecular complexity index is 1310. The van der Waals surface area contributed by atoms with Crippen molar-refractivity contribution in [1.29, 1.82) is 0 Å². The molecular formula is C27H40N4O5S2. The molecule has 2 aromatic rings. The van der Waals surface area contributed by atoms with Gasteiger partial charge in [0.15, 0.2) is 9.84 Å². The van der Waals surface area contributed by atoms with Gasteiger partial charge in [-0.15, -0.1) is 0 Å². The highest BCUT2D eigenvalue weighted by molar-refractivity contribution is 7.92. The van der Waals surface area contributed by atoms with E-state index in [9.17, 15) is 21.6 Å². The van der Waals surface area contributed by atoms with E-state index in [1.54, 1.807) is 24.3 Å². The van der Waals surface area contributed by atoms with Crippen LogP contribution in [0.25, 0.3) is 0 Å². The summed E-state index contributed by atoms with van der Waals surface area (Å²) in [6.45, 7) is 4.28. The second kappa shape index (κ2) is 12.9. The van der Waals surface area contributed by atoms with Gasteiger partial charge in [0.25, 0.3) is 5.91 Å². The van der Waals surface area contributed by atoms with Gasteiger partial charge in [0.2, 0.25) is 10.0 Å². The number of nitrogens with zero attached hydrogens (tertiary/aromatic N) is 2. The third kappa shape index (κ3) is 7.70. The Morgan fingerprint density at radius 2 is 1.74 bits per heavy atom. The minimum Gasteiger partial charge on any atom is -0.371 e. The number of hydrogen-bond acceptors (Lipinski definition) is 7. The number of amides is 1. The van der Waals surface area contributed by atoms with Crippen molar-refractivity contribution in [2.24, 2.45) is 11.7 Å². The van der Waals surface area contributed by atoms with Crippen LogP contribution in [0.1, 0.15) is 55.8 Å². The van der Waals surface area contributed by atoms with Gasteiger partial charge >= 0.3 is 0 Å². The van der Waals surface area contributed by atoms with Crippen molar-refractivity contribution in [3.8, 4) is 0 Å². The average molecular weight is 565 g/mol. The number of nitrogens with one attached hydrogen (secondary N) is 1. The maximum absolute atomic E-state index is 13.4. The van der Waals surface area contributed by atoms with Crippen molar-refractivity contribution >= 4 is 42.8 Å². The summed E-state index contributed by atoms with van der Waals surface area (Å²) in [5.74, 6) is -0.0204. The molecule has 1 saturated heterocycles. The van der Waals surface area contributed by atoms with Gasteiger partial charge in [0, 0.05) is 31.5 Å². The van der Waals surface area contributed by atoms with E-state index < -0.39 is 25.8 Å². The van der Waals surface area contributed by atoms with E-state index in [2.05, 4.69) is 17.1 Å². The summed E-state index contributed by atoms with van der Waals surface area (Å²) >= 11 is 0. The molecule has 3 rings (SSSR count). The maximum atomic E-state index is 13.4. The van der Waals surface area contributed by atoms with Gasteiger partial charge in [-0.1, -0.05) is 32.6 Å². The van der Waals surface area contributed by atoms with Crippen LogP contribution in [0, 0.1) is 5.92 Å². The number of unbranched alkanes of at least 4 members (excludes halogenated alkanes) is 4. The number of carbonyl (C=O) groups excluding carboxylic acids is 1. The summed E-state index contributed by atoms with van der Waals surface area (Å²) in [5.41, 5.74) is 7.52. The van der Waals surface area contributed by atoms with Gasteiger partial charge in [-0.05, 0) is 67.8 Å². The lowest BCUT2D eigenvalue weighted by Gasteiger charge is -2.24. The van der Waals surface area contributed by atoms with Gasteiger partial charge in [-0.2, -0.15) is 0 Å². The summed E-state index contributed by atoms with van der Waals surface area (Å²) in [6, 6.07) is 11.2. The zero-order chi connectivity index (χ0) is 27.9. The quantitative estimate of drug-likeness (QED) is 0.353. The number of benzene rings is 2. The summed E-state index contributed by atoms with van der Waals surface area (Å²) in [5, 5.41) is 2.79. The van der Waals surface area contributed by atoms with Crippen LogP contribution in [-0.2, 0) is 19.9 Å². The van der Waals surface area contributed by atoms with E-state index >= 15 is 0 Å². The normalized spacial score (nSPS) is 16.0.